The summed E-state index contributed by atoms with van der Waals surface area (Å²) in [4.78, 5) is 11.2. The summed E-state index contributed by atoms with van der Waals surface area (Å²) in [5.41, 5.74) is 0.931. The number of ketones is 1. The lowest BCUT2D eigenvalue weighted by molar-refractivity contribution is -0.115. The highest BCUT2D eigenvalue weighted by Crippen LogP contribution is 2.04. The zero-order chi connectivity index (χ0) is 8.69. The third-order valence-electron chi connectivity index (χ3n) is 1.71. The highest BCUT2D eigenvalue weighted by atomic mass is 16.1. The van der Waals surface area contributed by atoms with E-state index in [-0.39, 0.29) is 0 Å². The molecule has 64 valence electrons. The predicted octanol–water partition coefficient (Wildman–Crippen LogP) is 3.10. The molecule has 0 radical (unpaired) electrons. The fourth-order valence-corrected chi connectivity index (χ4v) is 0.955. The quantitative estimate of drug-likeness (QED) is 0.556. The minimum atomic E-state index is 0.314. The largest absolute Gasteiger partial charge is 0.295 e. The van der Waals surface area contributed by atoms with Crippen LogP contribution in [-0.2, 0) is 4.79 Å². The molecule has 1 heteroatoms. The van der Waals surface area contributed by atoms with Crippen LogP contribution >= 0.6 is 0 Å². The zero-order valence-corrected chi connectivity index (χ0v) is 7.81. The Balaban J connectivity index is 3.73. The summed E-state index contributed by atoms with van der Waals surface area (Å²) in [6.45, 7) is 6.06. The van der Waals surface area contributed by atoms with Crippen molar-refractivity contribution >= 4 is 5.78 Å². The third-order valence-corrected chi connectivity index (χ3v) is 1.71. The average Bonchev–Trinajstić information content (AvgIpc) is 2.00. The number of allylic oxidation sites excluding steroid dienone is 2. The van der Waals surface area contributed by atoms with Gasteiger partial charge in [-0.05, 0) is 25.3 Å². The Morgan fingerprint density at radius 1 is 1.36 bits per heavy atom. The highest BCUT2D eigenvalue weighted by Gasteiger charge is 2.01. The molecular formula is C10H18O. The van der Waals surface area contributed by atoms with Crippen molar-refractivity contribution in [2.24, 2.45) is 0 Å². The molecule has 0 saturated carbocycles. The minimum Gasteiger partial charge on any atom is -0.295 e. The van der Waals surface area contributed by atoms with Gasteiger partial charge in [-0.2, -0.15) is 0 Å². The van der Waals surface area contributed by atoms with Crippen LogP contribution in [0.15, 0.2) is 11.6 Å². The molecule has 0 spiro atoms. The van der Waals surface area contributed by atoms with Gasteiger partial charge in [0.2, 0.25) is 0 Å². The van der Waals surface area contributed by atoms with Gasteiger partial charge in [0.15, 0.2) is 5.78 Å². The van der Waals surface area contributed by atoms with E-state index in [1.54, 1.807) is 0 Å². The molecule has 0 atom stereocenters. The van der Waals surface area contributed by atoms with Gasteiger partial charge in [0.05, 0.1) is 0 Å². The first-order valence-corrected chi connectivity index (χ1v) is 4.42. The molecule has 1 nitrogen and oxygen atoms in total. The van der Waals surface area contributed by atoms with Gasteiger partial charge in [0.1, 0.15) is 0 Å². The Labute approximate surface area is 69.5 Å². The molecule has 0 aliphatic carbocycles. The van der Waals surface area contributed by atoms with Crippen LogP contribution in [0.2, 0.25) is 0 Å². The van der Waals surface area contributed by atoms with E-state index in [4.69, 9.17) is 0 Å². The Morgan fingerprint density at radius 3 is 2.45 bits per heavy atom. The average molecular weight is 154 g/mol. The predicted molar refractivity (Wildman–Crippen MR) is 48.6 cm³/mol. The molecule has 0 unspecified atom stereocenters. The molecule has 0 fully saturated rings. The number of unbranched alkanes of at least 4 members (excludes halogenated alkanes) is 1. The van der Waals surface area contributed by atoms with Gasteiger partial charge >= 0.3 is 0 Å². The van der Waals surface area contributed by atoms with E-state index in [0.29, 0.717) is 5.78 Å². The molecule has 0 aliphatic rings. The summed E-state index contributed by atoms with van der Waals surface area (Å²) in [7, 11) is 0. The van der Waals surface area contributed by atoms with Crippen LogP contribution in [0.3, 0.4) is 0 Å². The van der Waals surface area contributed by atoms with Crippen molar-refractivity contribution in [3.63, 3.8) is 0 Å². The Morgan fingerprint density at radius 2 is 2.00 bits per heavy atom. The lowest BCUT2D eigenvalue weighted by Crippen LogP contribution is -1.98. The Hall–Kier alpha value is -0.590. The lowest BCUT2D eigenvalue weighted by Gasteiger charge is -1.97. The summed E-state index contributed by atoms with van der Waals surface area (Å²) in [5, 5.41) is 0. The number of hydrogen-bond acceptors (Lipinski definition) is 1. The van der Waals surface area contributed by atoms with Gasteiger partial charge in [0, 0.05) is 6.42 Å². The second-order valence-corrected chi connectivity index (χ2v) is 2.82. The van der Waals surface area contributed by atoms with Gasteiger partial charge < -0.3 is 0 Å². The zero-order valence-electron chi connectivity index (χ0n) is 7.81. The topological polar surface area (TPSA) is 17.1 Å². The fourth-order valence-electron chi connectivity index (χ4n) is 0.955. The van der Waals surface area contributed by atoms with E-state index in [1.807, 2.05) is 13.0 Å². The molecule has 11 heavy (non-hydrogen) atoms. The van der Waals surface area contributed by atoms with Crippen molar-refractivity contribution in [3.8, 4) is 0 Å². The van der Waals surface area contributed by atoms with E-state index in [9.17, 15) is 4.79 Å². The van der Waals surface area contributed by atoms with Gasteiger partial charge in [0.25, 0.3) is 0 Å². The number of hydrogen-bond donors (Lipinski definition) is 0. The molecule has 0 N–H and O–H groups in total. The van der Waals surface area contributed by atoms with Gasteiger partial charge in [-0.25, -0.2) is 0 Å². The normalized spacial score (nSPS) is 11.7. The number of Topliss-reactive ketones (excluding diaryl/α,β-unsaturated/α-hetero) is 1. The summed E-state index contributed by atoms with van der Waals surface area (Å²) < 4.78 is 0. The van der Waals surface area contributed by atoms with Crippen molar-refractivity contribution in [1.29, 1.82) is 0 Å². The van der Waals surface area contributed by atoms with E-state index in [0.717, 1.165) is 31.3 Å². The monoisotopic (exact) mass is 154 g/mol. The van der Waals surface area contributed by atoms with E-state index in [2.05, 4.69) is 13.8 Å². The molecule has 0 bridgehead atoms. The minimum absolute atomic E-state index is 0.314. The Kier molecular flexibility index (Phi) is 5.81. The van der Waals surface area contributed by atoms with E-state index < -0.39 is 0 Å². The standard InChI is InChI=1S/C10H18O/c1-4-6-8-10(11)9(3)7-5-2/h7H,4-6,8H2,1-3H3. The van der Waals surface area contributed by atoms with Gasteiger partial charge in [-0.1, -0.05) is 26.3 Å². The van der Waals surface area contributed by atoms with Crippen LogP contribution in [-0.4, -0.2) is 5.78 Å². The van der Waals surface area contributed by atoms with Crippen molar-refractivity contribution in [2.75, 3.05) is 0 Å². The molecule has 0 rings (SSSR count). The molecule has 0 aromatic rings. The van der Waals surface area contributed by atoms with Crippen LogP contribution < -0.4 is 0 Å². The van der Waals surface area contributed by atoms with Crippen LogP contribution in [0.1, 0.15) is 46.5 Å². The van der Waals surface area contributed by atoms with E-state index >= 15 is 0 Å². The van der Waals surface area contributed by atoms with Gasteiger partial charge in [-0.3, -0.25) is 4.79 Å². The summed E-state index contributed by atoms with van der Waals surface area (Å²) >= 11 is 0. The molecule has 0 heterocycles. The fraction of sp³-hybridized carbons (Fsp3) is 0.700. The second-order valence-electron chi connectivity index (χ2n) is 2.82. The van der Waals surface area contributed by atoms with Crippen molar-refractivity contribution in [2.45, 2.75) is 46.5 Å². The molecule has 0 amide bonds. The number of rotatable bonds is 5. The van der Waals surface area contributed by atoms with Crippen molar-refractivity contribution < 1.29 is 4.79 Å². The smallest absolute Gasteiger partial charge is 0.158 e. The Bertz CT molecular complexity index is 145. The summed E-state index contributed by atoms with van der Waals surface area (Å²) in [6.07, 6.45) is 5.80. The van der Waals surface area contributed by atoms with Gasteiger partial charge in [-0.15, -0.1) is 0 Å². The van der Waals surface area contributed by atoms with Crippen LogP contribution in [0.4, 0.5) is 0 Å². The van der Waals surface area contributed by atoms with Crippen molar-refractivity contribution in [1.82, 2.24) is 0 Å². The first kappa shape index (κ1) is 10.4. The highest BCUT2D eigenvalue weighted by molar-refractivity contribution is 5.94. The number of carbonyl (C=O) groups excluding carboxylic acids is 1. The third kappa shape index (κ3) is 4.77. The summed E-state index contributed by atoms with van der Waals surface area (Å²) in [6, 6.07) is 0. The SMILES string of the molecule is CCC=C(C)C(=O)CCCC. The van der Waals surface area contributed by atoms with Crippen LogP contribution in [0, 0.1) is 0 Å². The van der Waals surface area contributed by atoms with E-state index in [1.165, 1.54) is 0 Å². The second kappa shape index (κ2) is 6.14. The number of carbonyl (C=O) groups is 1. The summed E-state index contributed by atoms with van der Waals surface area (Å²) in [5.74, 6) is 0.314. The molecule has 0 saturated heterocycles. The molecular weight excluding hydrogens is 136 g/mol. The molecule has 0 aromatic heterocycles. The lowest BCUT2D eigenvalue weighted by atomic mass is 10.1. The maximum absolute atomic E-state index is 11.2. The first-order chi connectivity index (χ1) is 5.22. The maximum Gasteiger partial charge on any atom is 0.158 e. The maximum atomic E-state index is 11.2. The van der Waals surface area contributed by atoms with Crippen LogP contribution in [0.25, 0.3) is 0 Å². The van der Waals surface area contributed by atoms with Crippen molar-refractivity contribution in [3.05, 3.63) is 11.6 Å². The first-order valence-electron chi connectivity index (χ1n) is 4.42. The molecule has 0 aliphatic heterocycles. The van der Waals surface area contributed by atoms with Crippen LogP contribution in [0.5, 0.6) is 0 Å². The molecule has 0 aromatic carbocycles.